The smallest absolute Gasteiger partial charge is 0.291 e. The maximum Gasteiger partial charge on any atom is 0.291 e. The second-order valence-electron chi connectivity index (χ2n) is 3.16. The number of anilines is 1. The molecule has 0 fully saturated rings. The van der Waals surface area contributed by atoms with Crippen LogP contribution in [0.1, 0.15) is 10.6 Å². The summed E-state index contributed by atoms with van der Waals surface area (Å²) in [6.45, 7) is 0. The van der Waals surface area contributed by atoms with Gasteiger partial charge >= 0.3 is 0 Å². The van der Waals surface area contributed by atoms with E-state index in [1.807, 2.05) is 0 Å². The normalized spacial score (nSPS) is 10.3. The van der Waals surface area contributed by atoms with Gasteiger partial charge in [0, 0.05) is 0 Å². The average molecular weight is 379 g/mol. The van der Waals surface area contributed by atoms with E-state index in [1.165, 1.54) is 0 Å². The van der Waals surface area contributed by atoms with Crippen LogP contribution >= 0.6 is 43.5 Å². The summed E-state index contributed by atoms with van der Waals surface area (Å²) in [5.41, 5.74) is 0.593. The Labute approximate surface area is 119 Å². The molecule has 0 saturated carbocycles. The van der Waals surface area contributed by atoms with Crippen LogP contribution in [0.15, 0.2) is 43.9 Å². The first kappa shape index (κ1) is 12.7. The summed E-state index contributed by atoms with van der Waals surface area (Å²) >= 11 is 12.4. The molecule has 1 N–H and O–H groups in total. The minimum absolute atomic E-state index is 0.226. The van der Waals surface area contributed by atoms with Gasteiger partial charge in [-0.05, 0) is 56.1 Å². The Hall–Kier alpha value is -0.780. The fraction of sp³-hybridized carbons (Fsp3) is 0. The van der Waals surface area contributed by atoms with E-state index in [0.29, 0.717) is 19.9 Å². The van der Waals surface area contributed by atoms with Crippen LogP contribution in [-0.4, -0.2) is 5.91 Å². The number of carbonyl (C=O) groups excluding carboxylic acids is 1. The van der Waals surface area contributed by atoms with Gasteiger partial charge in [0.05, 0.1) is 15.2 Å². The Morgan fingerprint density at radius 2 is 2.00 bits per heavy atom. The molecule has 0 bridgehead atoms. The van der Waals surface area contributed by atoms with E-state index in [9.17, 15) is 4.79 Å². The SMILES string of the molecule is O=C(Nc1cccc(Cl)c1Br)c1ccc(Br)o1. The van der Waals surface area contributed by atoms with Gasteiger partial charge in [-0.3, -0.25) is 4.79 Å². The third-order valence-corrected chi connectivity index (χ3v) is 3.82. The lowest BCUT2D eigenvalue weighted by Crippen LogP contribution is -2.11. The Kier molecular flexibility index (Phi) is 3.91. The number of rotatable bonds is 2. The molecular formula is C11H6Br2ClNO2. The molecule has 6 heteroatoms. The molecule has 0 aliphatic heterocycles. The summed E-state index contributed by atoms with van der Waals surface area (Å²) in [6.07, 6.45) is 0. The summed E-state index contributed by atoms with van der Waals surface area (Å²) in [5.74, 6) is -0.109. The van der Waals surface area contributed by atoms with Crippen molar-refractivity contribution in [1.82, 2.24) is 0 Å². The van der Waals surface area contributed by atoms with E-state index in [0.717, 1.165) is 0 Å². The highest BCUT2D eigenvalue weighted by molar-refractivity contribution is 9.10. The van der Waals surface area contributed by atoms with Crippen LogP contribution in [0.3, 0.4) is 0 Å². The number of benzene rings is 1. The molecule has 3 nitrogen and oxygen atoms in total. The highest BCUT2D eigenvalue weighted by Gasteiger charge is 2.12. The highest BCUT2D eigenvalue weighted by Crippen LogP contribution is 2.30. The van der Waals surface area contributed by atoms with Crippen molar-refractivity contribution >= 4 is 55.1 Å². The largest absolute Gasteiger partial charge is 0.444 e. The molecule has 0 aliphatic carbocycles. The van der Waals surface area contributed by atoms with Crippen molar-refractivity contribution < 1.29 is 9.21 Å². The van der Waals surface area contributed by atoms with Crippen molar-refractivity contribution in [2.24, 2.45) is 0 Å². The van der Waals surface area contributed by atoms with Crippen molar-refractivity contribution in [1.29, 1.82) is 0 Å². The maximum absolute atomic E-state index is 11.8. The van der Waals surface area contributed by atoms with E-state index in [-0.39, 0.29) is 11.7 Å². The molecule has 2 aromatic rings. The molecule has 0 spiro atoms. The fourth-order valence-corrected chi connectivity index (χ4v) is 2.07. The van der Waals surface area contributed by atoms with Crippen LogP contribution in [0.2, 0.25) is 5.02 Å². The Balaban J connectivity index is 2.21. The predicted octanol–water partition coefficient (Wildman–Crippen LogP) is 4.71. The molecule has 0 atom stereocenters. The first-order chi connectivity index (χ1) is 8.08. The van der Waals surface area contributed by atoms with Gasteiger partial charge in [0.1, 0.15) is 0 Å². The van der Waals surface area contributed by atoms with Crippen LogP contribution in [-0.2, 0) is 0 Å². The second kappa shape index (κ2) is 5.25. The first-order valence-corrected chi connectivity index (χ1v) is 6.55. The van der Waals surface area contributed by atoms with E-state index >= 15 is 0 Å². The molecule has 0 unspecified atom stereocenters. The Morgan fingerprint density at radius 1 is 1.24 bits per heavy atom. The molecule has 0 radical (unpaired) electrons. The Morgan fingerprint density at radius 3 is 2.65 bits per heavy atom. The number of hydrogen-bond donors (Lipinski definition) is 1. The standard InChI is InChI=1S/C11H6Br2ClNO2/c12-9-5-4-8(17-9)11(16)15-7-3-1-2-6(14)10(7)13/h1-5H,(H,15,16). The van der Waals surface area contributed by atoms with Crippen LogP contribution in [0.25, 0.3) is 0 Å². The predicted molar refractivity (Wildman–Crippen MR) is 73.5 cm³/mol. The van der Waals surface area contributed by atoms with Crippen molar-refractivity contribution in [3.8, 4) is 0 Å². The average Bonchev–Trinajstić information content (AvgIpc) is 2.72. The van der Waals surface area contributed by atoms with Crippen molar-refractivity contribution in [2.75, 3.05) is 5.32 Å². The van der Waals surface area contributed by atoms with Gasteiger partial charge < -0.3 is 9.73 Å². The summed E-state index contributed by atoms with van der Waals surface area (Å²) in [6, 6.07) is 8.46. The molecule has 17 heavy (non-hydrogen) atoms. The summed E-state index contributed by atoms with van der Waals surface area (Å²) in [4.78, 5) is 11.8. The number of carbonyl (C=O) groups is 1. The summed E-state index contributed by atoms with van der Waals surface area (Å²) in [5, 5.41) is 3.23. The lowest BCUT2D eigenvalue weighted by Gasteiger charge is -2.06. The molecule has 1 aromatic carbocycles. The van der Waals surface area contributed by atoms with Gasteiger partial charge in [0.15, 0.2) is 10.4 Å². The van der Waals surface area contributed by atoms with Crippen molar-refractivity contribution in [2.45, 2.75) is 0 Å². The molecule has 0 saturated heterocycles. The zero-order valence-corrected chi connectivity index (χ0v) is 12.3. The molecule has 0 aliphatic rings. The number of amides is 1. The van der Waals surface area contributed by atoms with E-state index in [2.05, 4.69) is 37.2 Å². The molecule has 2 rings (SSSR count). The van der Waals surface area contributed by atoms with E-state index in [1.54, 1.807) is 30.3 Å². The summed E-state index contributed by atoms with van der Waals surface area (Å²) in [7, 11) is 0. The van der Waals surface area contributed by atoms with Gasteiger partial charge in [-0.25, -0.2) is 0 Å². The van der Waals surface area contributed by atoms with Crippen molar-refractivity contribution in [3.63, 3.8) is 0 Å². The lowest BCUT2D eigenvalue weighted by atomic mass is 10.3. The fourth-order valence-electron chi connectivity index (χ4n) is 1.22. The molecule has 1 heterocycles. The van der Waals surface area contributed by atoms with E-state index < -0.39 is 0 Å². The third-order valence-electron chi connectivity index (χ3n) is 2.00. The zero-order chi connectivity index (χ0) is 12.4. The summed E-state index contributed by atoms with van der Waals surface area (Å²) < 4.78 is 6.29. The number of hydrogen-bond acceptors (Lipinski definition) is 2. The highest BCUT2D eigenvalue weighted by atomic mass is 79.9. The third kappa shape index (κ3) is 2.91. The number of nitrogens with one attached hydrogen (secondary N) is 1. The maximum atomic E-state index is 11.8. The molecule has 88 valence electrons. The van der Waals surface area contributed by atoms with Crippen LogP contribution in [0.4, 0.5) is 5.69 Å². The number of halogens is 3. The van der Waals surface area contributed by atoms with Gasteiger partial charge in [0.25, 0.3) is 5.91 Å². The van der Waals surface area contributed by atoms with Gasteiger partial charge in [-0.15, -0.1) is 0 Å². The minimum Gasteiger partial charge on any atom is -0.444 e. The molecular weight excluding hydrogens is 373 g/mol. The Bertz CT molecular complexity index is 568. The lowest BCUT2D eigenvalue weighted by molar-refractivity contribution is 0.0995. The van der Waals surface area contributed by atoms with Crippen LogP contribution in [0.5, 0.6) is 0 Å². The molecule has 1 aromatic heterocycles. The monoisotopic (exact) mass is 377 g/mol. The van der Waals surface area contributed by atoms with Gasteiger partial charge in [-0.1, -0.05) is 17.7 Å². The van der Waals surface area contributed by atoms with Crippen molar-refractivity contribution in [3.05, 3.63) is 50.3 Å². The van der Waals surface area contributed by atoms with Gasteiger partial charge in [-0.2, -0.15) is 0 Å². The van der Waals surface area contributed by atoms with Crippen LogP contribution < -0.4 is 5.32 Å². The second-order valence-corrected chi connectivity index (χ2v) is 5.14. The minimum atomic E-state index is -0.335. The topological polar surface area (TPSA) is 42.2 Å². The van der Waals surface area contributed by atoms with Crippen LogP contribution in [0, 0.1) is 0 Å². The quantitative estimate of drug-likeness (QED) is 0.821. The first-order valence-electron chi connectivity index (χ1n) is 4.58. The van der Waals surface area contributed by atoms with Gasteiger partial charge in [0.2, 0.25) is 0 Å². The zero-order valence-electron chi connectivity index (χ0n) is 8.34. The molecule has 1 amide bonds. The number of furan rings is 1. The van der Waals surface area contributed by atoms with E-state index in [4.69, 9.17) is 16.0 Å².